The first-order valence-electron chi connectivity index (χ1n) is 8.91. The largest absolute Gasteiger partial charge is 0.339 e. The maximum atomic E-state index is 13.1. The van der Waals surface area contributed by atoms with E-state index in [1.165, 1.54) is 12.1 Å². The lowest BCUT2D eigenvalue weighted by Crippen LogP contribution is -2.39. The van der Waals surface area contributed by atoms with Crippen LogP contribution < -0.4 is 0 Å². The number of carbonyl (C=O) groups is 1. The lowest BCUT2D eigenvalue weighted by molar-refractivity contribution is 0.0689. The van der Waals surface area contributed by atoms with Gasteiger partial charge in [-0.2, -0.15) is 10.1 Å². The molecule has 3 aromatic rings. The van der Waals surface area contributed by atoms with Crippen molar-refractivity contribution in [3.63, 3.8) is 0 Å². The fraction of sp³-hybridized carbons (Fsp3) is 0.368. The van der Waals surface area contributed by atoms with Crippen molar-refractivity contribution >= 4 is 5.91 Å². The van der Waals surface area contributed by atoms with E-state index in [4.69, 9.17) is 4.52 Å². The second-order valence-electron chi connectivity index (χ2n) is 6.85. The smallest absolute Gasteiger partial charge is 0.274 e. The molecule has 1 aromatic carbocycles. The third-order valence-corrected chi connectivity index (χ3v) is 4.93. The van der Waals surface area contributed by atoms with E-state index < -0.39 is 0 Å². The Hall–Kier alpha value is -3.03. The summed E-state index contributed by atoms with van der Waals surface area (Å²) in [5.74, 6) is 0.516. The van der Waals surface area contributed by atoms with Gasteiger partial charge in [0, 0.05) is 31.4 Å². The van der Waals surface area contributed by atoms with Gasteiger partial charge < -0.3 is 9.42 Å². The number of rotatable bonds is 3. The topological polar surface area (TPSA) is 77.1 Å². The molecule has 1 aliphatic heterocycles. The van der Waals surface area contributed by atoms with Crippen molar-refractivity contribution in [1.29, 1.82) is 0 Å². The van der Waals surface area contributed by atoms with Crippen molar-refractivity contribution in [2.75, 3.05) is 13.1 Å². The van der Waals surface area contributed by atoms with Crippen molar-refractivity contribution in [3.05, 3.63) is 53.4 Å². The summed E-state index contributed by atoms with van der Waals surface area (Å²) in [6, 6.07) is 7.75. The number of hydrogen-bond donors (Lipinski definition) is 0. The van der Waals surface area contributed by atoms with E-state index in [2.05, 4.69) is 15.2 Å². The Labute approximate surface area is 155 Å². The molecule has 0 saturated carbocycles. The van der Waals surface area contributed by atoms with Crippen molar-refractivity contribution < 1.29 is 13.7 Å². The van der Waals surface area contributed by atoms with E-state index in [0.29, 0.717) is 36.1 Å². The molecule has 1 aliphatic rings. The molecular formula is C19H20FN5O2. The summed E-state index contributed by atoms with van der Waals surface area (Å²) in [4.78, 5) is 19.0. The molecule has 4 rings (SSSR count). The first-order chi connectivity index (χ1) is 13.0. The van der Waals surface area contributed by atoms with Gasteiger partial charge in [-0.15, -0.1) is 0 Å². The minimum absolute atomic E-state index is 0.0193. The fourth-order valence-corrected chi connectivity index (χ4v) is 3.31. The van der Waals surface area contributed by atoms with Gasteiger partial charge in [0.25, 0.3) is 5.91 Å². The average molecular weight is 369 g/mol. The van der Waals surface area contributed by atoms with Crippen molar-refractivity contribution in [2.24, 2.45) is 7.05 Å². The molecule has 1 saturated heterocycles. The quantitative estimate of drug-likeness (QED) is 0.709. The highest BCUT2D eigenvalue weighted by Gasteiger charge is 2.30. The van der Waals surface area contributed by atoms with Gasteiger partial charge in [-0.05, 0) is 50.1 Å². The molecule has 140 valence electrons. The average Bonchev–Trinajstić information content (AvgIpc) is 3.29. The van der Waals surface area contributed by atoms with Gasteiger partial charge in [-0.3, -0.25) is 9.48 Å². The molecule has 0 spiro atoms. The van der Waals surface area contributed by atoms with Crippen LogP contribution in [0.25, 0.3) is 11.4 Å². The maximum Gasteiger partial charge on any atom is 0.274 e. The van der Waals surface area contributed by atoms with Crippen LogP contribution in [0.3, 0.4) is 0 Å². The number of benzene rings is 1. The summed E-state index contributed by atoms with van der Waals surface area (Å²) in [7, 11) is 1.82. The zero-order valence-corrected chi connectivity index (χ0v) is 15.2. The van der Waals surface area contributed by atoms with Gasteiger partial charge in [0.2, 0.25) is 11.7 Å². The highest BCUT2D eigenvalue weighted by Crippen LogP contribution is 2.28. The lowest BCUT2D eigenvalue weighted by atomic mass is 9.97. The summed E-state index contributed by atoms with van der Waals surface area (Å²) < 4.78 is 20.2. The predicted octanol–water partition coefficient (Wildman–Crippen LogP) is 2.94. The van der Waals surface area contributed by atoms with Crippen LogP contribution >= 0.6 is 0 Å². The van der Waals surface area contributed by atoms with Crippen LogP contribution in [0.5, 0.6) is 0 Å². The zero-order valence-electron chi connectivity index (χ0n) is 15.2. The van der Waals surface area contributed by atoms with Gasteiger partial charge in [0.05, 0.1) is 5.92 Å². The maximum absolute atomic E-state index is 13.1. The first kappa shape index (κ1) is 17.4. The zero-order chi connectivity index (χ0) is 19.0. The molecule has 0 aliphatic carbocycles. The Balaban J connectivity index is 1.50. The molecular weight excluding hydrogens is 349 g/mol. The van der Waals surface area contributed by atoms with Crippen LogP contribution in [0.15, 0.2) is 34.9 Å². The number of hydrogen-bond acceptors (Lipinski definition) is 5. The van der Waals surface area contributed by atoms with Crippen molar-refractivity contribution in [1.82, 2.24) is 24.8 Å². The number of carbonyl (C=O) groups excluding carboxylic acids is 1. The third kappa shape index (κ3) is 3.47. The number of amides is 1. The van der Waals surface area contributed by atoms with E-state index in [0.717, 1.165) is 18.5 Å². The van der Waals surface area contributed by atoms with E-state index in [-0.39, 0.29) is 17.6 Å². The Kier molecular flexibility index (Phi) is 4.47. The fourth-order valence-electron chi connectivity index (χ4n) is 3.31. The monoisotopic (exact) mass is 369 g/mol. The summed E-state index contributed by atoms with van der Waals surface area (Å²) in [6.07, 6.45) is 1.73. The highest BCUT2D eigenvalue weighted by molar-refractivity contribution is 5.92. The van der Waals surface area contributed by atoms with Gasteiger partial charge in [0.1, 0.15) is 5.82 Å². The molecule has 7 nitrogen and oxygen atoms in total. The predicted molar refractivity (Wildman–Crippen MR) is 95.5 cm³/mol. The number of halogens is 1. The summed E-state index contributed by atoms with van der Waals surface area (Å²) in [5.41, 5.74) is 2.08. The second kappa shape index (κ2) is 6.94. The SMILES string of the molecule is Cc1cc(C(=O)N2CCC[C@@H](c3nc(-c4ccc(F)cc4)no3)C2)nn1C. The van der Waals surface area contributed by atoms with Crippen LogP contribution in [-0.2, 0) is 7.05 Å². The summed E-state index contributed by atoms with van der Waals surface area (Å²) in [5, 5.41) is 8.28. The van der Waals surface area contributed by atoms with Gasteiger partial charge in [-0.1, -0.05) is 5.16 Å². The molecule has 27 heavy (non-hydrogen) atoms. The molecule has 1 atom stereocenters. The standard InChI is InChI=1S/C19H20FN5O2/c1-12-10-16(22-24(12)2)19(26)25-9-3-4-14(11-25)18-21-17(23-27-18)13-5-7-15(20)8-6-13/h5-8,10,14H,3-4,9,11H2,1-2H3/t14-/m1/s1. The Bertz CT molecular complexity index is 943. The molecule has 1 amide bonds. The number of aryl methyl sites for hydroxylation is 2. The Morgan fingerprint density at radius 2 is 2.07 bits per heavy atom. The molecule has 1 fully saturated rings. The summed E-state index contributed by atoms with van der Waals surface area (Å²) >= 11 is 0. The van der Waals surface area contributed by atoms with Crippen LogP contribution in [-0.4, -0.2) is 43.8 Å². The van der Waals surface area contributed by atoms with E-state index in [1.807, 2.05) is 14.0 Å². The molecule has 0 radical (unpaired) electrons. The minimum Gasteiger partial charge on any atom is -0.339 e. The molecule has 3 heterocycles. The Morgan fingerprint density at radius 1 is 1.30 bits per heavy atom. The highest BCUT2D eigenvalue weighted by atomic mass is 19.1. The van der Waals surface area contributed by atoms with E-state index in [9.17, 15) is 9.18 Å². The summed E-state index contributed by atoms with van der Waals surface area (Å²) in [6.45, 7) is 3.11. The second-order valence-corrected chi connectivity index (χ2v) is 6.85. The third-order valence-electron chi connectivity index (χ3n) is 4.93. The van der Waals surface area contributed by atoms with Crippen molar-refractivity contribution in [2.45, 2.75) is 25.7 Å². The van der Waals surface area contributed by atoms with E-state index >= 15 is 0 Å². The van der Waals surface area contributed by atoms with Crippen LogP contribution in [0.4, 0.5) is 4.39 Å². The molecule has 0 N–H and O–H groups in total. The van der Waals surface area contributed by atoms with Crippen LogP contribution in [0.2, 0.25) is 0 Å². The van der Waals surface area contributed by atoms with Crippen LogP contribution in [0, 0.1) is 12.7 Å². The van der Waals surface area contributed by atoms with E-state index in [1.54, 1.807) is 27.8 Å². The number of likely N-dealkylation sites (tertiary alicyclic amines) is 1. The van der Waals surface area contributed by atoms with Crippen molar-refractivity contribution in [3.8, 4) is 11.4 Å². The molecule has 8 heteroatoms. The number of nitrogens with zero attached hydrogens (tertiary/aromatic N) is 5. The van der Waals surface area contributed by atoms with Crippen LogP contribution in [0.1, 0.15) is 40.8 Å². The lowest BCUT2D eigenvalue weighted by Gasteiger charge is -2.30. The molecule has 0 unspecified atom stereocenters. The number of aromatic nitrogens is 4. The van der Waals surface area contributed by atoms with Gasteiger partial charge >= 0.3 is 0 Å². The number of piperidine rings is 1. The first-order valence-corrected chi connectivity index (χ1v) is 8.91. The van der Waals surface area contributed by atoms with Gasteiger partial charge in [0.15, 0.2) is 5.69 Å². The van der Waals surface area contributed by atoms with Gasteiger partial charge in [-0.25, -0.2) is 4.39 Å². The molecule has 0 bridgehead atoms. The normalized spacial score (nSPS) is 17.3. The molecule has 2 aromatic heterocycles. The Morgan fingerprint density at radius 3 is 2.78 bits per heavy atom. The minimum atomic E-state index is -0.311.